The van der Waals surface area contributed by atoms with Gasteiger partial charge < -0.3 is 9.47 Å². The van der Waals surface area contributed by atoms with Crippen molar-refractivity contribution in [1.82, 2.24) is 0 Å². The molecule has 0 aliphatic heterocycles. The van der Waals surface area contributed by atoms with Crippen LogP contribution in [0.15, 0.2) is 109 Å². The second-order valence-corrected chi connectivity index (χ2v) is 7.92. The predicted molar refractivity (Wildman–Crippen MR) is 133 cm³/mol. The smallest absolute Gasteiger partial charge is 0.135 e. The summed E-state index contributed by atoms with van der Waals surface area (Å²) < 4.78 is 12.8. The molecule has 5 aromatic rings. The van der Waals surface area contributed by atoms with Gasteiger partial charge >= 0.3 is 0 Å². The lowest BCUT2D eigenvalue weighted by atomic mass is 10.0. The summed E-state index contributed by atoms with van der Waals surface area (Å²) in [5, 5.41) is 4.37. The van der Waals surface area contributed by atoms with Crippen LogP contribution in [0.5, 0.6) is 11.5 Å². The van der Waals surface area contributed by atoms with Crippen molar-refractivity contribution in [3.05, 3.63) is 120 Å². The molecule has 32 heavy (non-hydrogen) atoms. The third-order valence-electron chi connectivity index (χ3n) is 5.79. The van der Waals surface area contributed by atoms with Crippen LogP contribution < -0.4 is 9.47 Å². The lowest BCUT2D eigenvalue weighted by molar-refractivity contribution is 0.324. The molecule has 0 bridgehead atoms. The van der Waals surface area contributed by atoms with Gasteiger partial charge in [-0.05, 0) is 11.1 Å². The summed E-state index contributed by atoms with van der Waals surface area (Å²) in [4.78, 5) is 0. The zero-order chi connectivity index (χ0) is 21.6. The summed E-state index contributed by atoms with van der Waals surface area (Å²) in [6, 6.07) is 37.7. The van der Waals surface area contributed by atoms with E-state index in [9.17, 15) is 0 Å². The number of benzene rings is 5. The van der Waals surface area contributed by atoms with Crippen molar-refractivity contribution >= 4 is 21.5 Å². The van der Waals surface area contributed by atoms with Crippen LogP contribution in [0.25, 0.3) is 21.5 Å². The first-order valence-corrected chi connectivity index (χ1v) is 11.2. The van der Waals surface area contributed by atoms with Crippen LogP contribution in [0.3, 0.4) is 0 Å². The Bertz CT molecular complexity index is 1150. The summed E-state index contributed by atoms with van der Waals surface area (Å²) in [7, 11) is 0. The Morgan fingerprint density at radius 1 is 0.375 bits per heavy atom. The van der Waals surface area contributed by atoms with E-state index in [4.69, 9.17) is 9.47 Å². The van der Waals surface area contributed by atoms with Gasteiger partial charge in [0.2, 0.25) is 0 Å². The monoisotopic (exact) mass is 418 g/mol. The molecule has 0 aliphatic carbocycles. The van der Waals surface area contributed by atoms with Crippen molar-refractivity contribution in [1.29, 1.82) is 0 Å². The molecule has 0 N–H and O–H groups in total. The molecule has 0 atom stereocenters. The van der Waals surface area contributed by atoms with E-state index in [2.05, 4.69) is 97.1 Å². The average Bonchev–Trinajstić information content (AvgIpc) is 2.86. The van der Waals surface area contributed by atoms with Gasteiger partial charge in [-0.1, -0.05) is 109 Å². The molecule has 0 saturated heterocycles. The Morgan fingerprint density at radius 3 is 1.03 bits per heavy atom. The van der Waals surface area contributed by atoms with E-state index in [1.807, 2.05) is 12.1 Å². The number of ether oxygens (including phenoxy) is 2. The molecule has 2 heteroatoms. The van der Waals surface area contributed by atoms with Crippen molar-refractivity contribution in [2.24, 2.45) is 0 Å². The summed E-state index contributed by atoms with van der Waals surface area (Å²) in [5.74, 6) is 1.87. The zero-order valence-corrected chi connectivity index (χ0v) is 18.0. The van der Waals surface area contributed by atoms with Crippen molar-refractivity contribution in [2.45, 2.75) is 12.8 Å². The minimum absolute atomic E-state index is 0.631. The van der Waals surface area contributed by atoms with E-state index in [1.165, 1.54) is 11.1 Å². The Morgan fingerprint density at radius 2 is 0.688 bits per heavy atom. The molecule has 0 aliphatic rings. The highest BCUT2D eigenvalue weighted by Gasteiger charge is 2.15. The highest BCUT2D eigenvalue weighted by atomic mass is 16.5. The minimum Gasteiger partial charge on any atom is -0.492 e. The van der Waals surface area contributed by atoms with E-state index < -0.39 is 0 Å². The normalized spacial score (nSPS) is 11.0. The van der Waals surface area contributed by atoms with Crippen molar-refractivity contribution in [2.75, 3.05) is 13.2 Å². The lowest BCUT2D eigenvalue weighted by Crippen LogP contribution is -2.05. The highest BCUT2D eigenvalue weighted by molar-refractivity contribution is 6.11. The molecule has 5 rings (SSSR count). The second-order valence-electron chi connectivity index (χ2n) is 7.92. The van der Waals surface area contributed by atoms with Crippen molar-refractivity contribution in [3.63, 3.8) is 0 Å². The lowest BCUT2D eigenvalue weighted by Gasteiger charge is -2.18. The Hall–Kier alpha value is -3.78. The first kappa shape index (κ1) is 20.1. The van der Waals surface area contributed by atoms with E-state index in [1.54, 1.807) is 0 Å². The minimum atomic E-state index is 0.631. The zero-order valence-electron chi connectivity index (χ0n) is 18.0. The fourth-order valence-corrected chi connectivity index (χ4v) is 4.19. The summed E-state index contributed by atoms with van der Waals surface area (Å²) in [6.07, 6.45) is 1.75. The molecule has 2 nitrogen and oxygen atoms in total. The fraction of sp³-hybridized carbons (Fsp3) is 0.133. The molecule has 0 unspecified atom stereocenters. The second kappa shape index (κ2) is 9.57. The molecule has 0 aromatic heterocycles. The Kier molecular flexibility index (Phi) is 6.02. The highest BCUT2D eigenvalue weighted by Crippen LogP contribution is 2.42. The van der Waals surface area contributed by atoms with Gasteiger partial charge in [-0.25, -0.2) is 0 Å². The third-order valence-corrected chi connectivity index (χ3v) is 5.79. The Balaban J connectivity index is 1.47. The quantitative estimate of drug-likeness (QED) is 0.247. The number of fused-ring (bicyclic) bond motifs is 2. The van der Waals surface area contributed by atoms with Gasteiger partial charge in [-0.15, -0.1) is 0 Å². The number of hydrogen-bond acceptors (Lipinski definition) is 2. The topological polar surface area (TPSA) is 18.5 Å². The van der Waals surface area contributed by atoms with E-state index >= 15 is 0 Å². The number of rotatable bonds is 8. The van der Waals surface area contributed by atoms with Gasteiger partial charge in [0.15, 0.2) is 0 Å². The molecular formula is C30H26O2. The van der Waals surface area contributed by atoms with Gasteiger partial charge in [0, 0.05) is 34.4 Å². The first-order chi connectivity index (χ1) is 15.9. The molecule has 0 fully saturated rings. The van der Waals surface area contributed by atoms with E-state index in [-0.39, 0.29) is 0 Å². The maximum atomic E-state index is 6.41. The van der Waals surface area contributed by atoms with E-state index in [0.717, 1.165) is 45.9 Å². The molecule has 0 spiro atoms. The number of hydrogen-bond donors (Lipinski definition) is 0. The van der Waals surface area contributed by atoms with Crippen LogP contribution in [-0.2, 0) is 12.8 Å². The predicted octanol–water partition coefficient (Wildman–Crippen LogP) is 7.24. The van der Waals surface area contributed by atoms with Gasteiger partial charge in [0.1, 0.15) is 11.5 Å². The van der Waals surface area contributed by atoms with Crippen LogP contribution in [-0.4, -0.2) is 13.2 Å². The fourth-order valence-electron chi connectivity index (χ4n) is 4.19. The summed E-state index contributed by atoms with van der Waals surface area (Å²) in [6.45, 7) is 1.26. The maximum absolute atomic E-state index is 6.41. The standard InChI is InChI=1S/C30H26O2/c1-3-11-23(12-4-1)19-21-31-29-25-15-7-9-17-27(25)30(28-18-10-8-16-26(28)29)32-22-20-24-13-5-2-6-14-24/h1-18H,19-22H2. The van der Waals surface area contributed by atoms with Crippen molar-refractivity contribution < 1.29 is 9.47 Å². The molecule has 158 valence electrons. The molecular weight excluding hydrogens is 392 g/mol. The summed E-state index contributed by atoms with van der Waals surface area (Å²) in [5.41, 5.74) is 2.56. The van der Waals surface area contributed by atoms with Gasteiger partial charge in [0.05, 0.1) is 13.2 Å². The van der Waals surface area contributed by atoms with Gasteiger partial charge in [-0.2, -0.15) is 0 Å². The SMILES string of the molecule is c1ccc(CCOc2c3ccccc3c(OCCc3ccccc3)c3ccccc23)cc1. The van der Waals surface area contributed by atoms with Crippen LogP contribution in [0, 0.1) is 0 Å². The summed E-state index contributed by atoms with van der Waals surface area (Å²) >= 11 is 0. The third kappa shape index (κ3) is 4.31. The maximum Gasteiger partial charge on any atom is 0.135 e. The van der Waals surface area contributed by atoms with Crippen LogP contribution in [0.1, 0.15) is 11.1 Å². The average molecular weight is 419 g/mol. The van der Waals surface area contributed by atoms with Gasteiger partial charge in [0.25, 0.3) is 0 Å². The molecule has 0 heterocycles. The first-order valence-electron chi connectivity index (χ1n) is 11.2. The van der Waals surface area contributed by atoms with Crippen LogP contribution >= 0.6 is 0 Å². The van der Waals surface area contributed by atoms with Crippen LogP contribution in [0.4, 0.5) is 0 Å². The molecule has 0 radical (unpaired) electrons. The molecule has 0 saturated carbocycles. The Labute approximate surface area is 189 Å². The largest absolute Gasteiger partial charge is 0.492 e. The van der Waals surface area contributed by atoms with Gasteiger partial charge in [-0.3, -0.25) is 0 Å². The molecule has 5 aromatic carbocycles. The van der Waals surface area contributed by atoms with Crippen LogP contribution in [0.2, 0.25) is 0 Å². The molecule has 0 amide bonds. The van der Waals surface area contributed by atoms with E-state index in [0.29, 0.717) is 13.2 Å². The van der Waals surface area contributed by atoms with Crippen molar-refractivity contribution in [3.8, 4) is 11.5 Å².